The van der Waals surface area contributed by atoms with Gasteiger partial charge in [-0.2, -0.15) is 0 Å². The molecule has 1 saturated carbocycles. The van der Waals surface area contributed by atoms with Crippen LogP contribution in [0.3, 0.4) is 0 Å². The third-order valence-electron chi connectivity index (χ3n) is 2.96. The molecule has 0 unspecified atom stereocenters. The number of nitrogens with two attached hydrogens (primary N) is 1. The zero-order valence-electron chi connectivity index (χ0n) is 7.89. The maximum atomic E-state index is 13.4. The molecule has 1 aromatic carbocycles. The van der Waals surface area contributed by atoms with E-state index >= 15 is 0 Å². The Bertz CT molecular complexity index is 347. The van der Waals surface area contributed by atoms with Gasteiger partial charge < -0.3 is 5.73 Å². The molecule has 0 saturated heterocycles. The van der Waals surface area contributed by atoms with E-state index in [1.807, 2.05) is 0 Å². The van der Waals surface area contributed by atoms with Gasteiger partial charge in [0.2, 0.25) is 0 Å². The highest BCUT2D eigenvalue weighted by atomic mass is 35.5. The standard InChI is InChI=1S/C11H13ClFN/c12-9-1-2-10(13)8(5-9)6-11(7-14)3-4-11/h1-2,5H,3-4,6-7,14H2. The molecule has 0 heterocycles. The second kappa shape index (κ2) is 3.52. The van der Waals surface area contributed by atoms with E-state index in [4.69, 9.17) is 17.3 Å². The quantitative estimate of drug-likeness (QED) is 0.821. The molecule has 1 aromatic rings. The van der Waals surface area contributed by atoms with E-state index in [2.05, 4.69) is 0 Å². The maximum absolute atomic E-state index is 13.4. The van der Waals surface area contributed by atoms with Crippen molar-refractivity contribution in [3.05, 3.63) is 34.6 Å². The minimum atomic E-state index is -0.172. The lowest BCUT2D eigenvalue weighted by molar-refractivity contribution is 0.500. The van der Waals surface area contributed by atoms with Gasteiger partial charge in [-0.3, -0.25) is 0 Å². The van der Waals surface area contributed by atoms with E-state index < -0.39 is 0 Å². The number of benzene rings is 1. The van der Waals surface area contributed by atoms with Crippen LogP contribution in [0.1, 0.15) is 18.4 Å². The summed E-state index contributed by atoms with van der Waals surface area (Å²) < 4.78 is 13.4. The Morgan fingerprint density at radius 3 is 2.71 bits per heavy atom. The first-order valence-corrected chi connectivity index (χ1v) is 5.17. The van der Waals surface area contributed by atoms with Crippen molar-refractivity contribution >= 4 is 11.6 Å². The topological polar surface area (TPSA) is 26.0 Å². The summed E-state index contributed by atoms with van der Waals surface area (Å²) in [5, 5.41) is 0.592. The van der Waals surface area contributed by atoms with Crippen LogP contribution in [-0.4, -0.2) is 6.54 Å². The highest BCUT2D eigenvalue weighted by Gasteiger charge is 2.41. The lowest BCUT2D eigenvalue weighted by atomic mass is 9.96. The predicted octanol–water partition coefficient (Wildman–Crippen LogP) is 2.76. The summed E-state index contributed by atoms with van der Waals surface area (Å²) >= 11 is 5.81. The van der Waals surface area contributed by atoms with Gasteiger partial charge in [-0.25, -0.2) is 4.39 Å². The van der Waals surface area contributed by atoms with Gasteiger partial charge in [0.15, 0.2) is 0 Å². The van der Waals surface area contributed by atoms with E-state index in [1.54, 1.807) is 12.1 Å². The molecule has 1 aliphatic carbocycles. The van der Waals surface area contributed by atoms with Crippen molar-refractivity contribution in [2.45, 2.75) is 19.3 Å². The summed E-state index contributed by atoms with van der Waals surface area (Å²) in [6, 6.07) is 4.69. The van der Waals surface area contributed by atoms with Crippen LogP contribution in [0.4, 0.5) is 4.39 Å². The minimum Gasteiger partial charge on any atom is -0.330 e. The first-order valence-electron chi connectivity index (χ1n) is 4.79. The van der Waals surface area contributed by atoms with Gasteiger partial charge in [-0.05, 0) is 55.0 Å². The predicted molar refractivity (Wildman–Crippen MR) is 55.8 cm³/mol. The van der Waals surface area contributed by atoms with Crippen LogP contribution in [-0.2, 0) is 6.42 Å². The second-order valence-corrected chi connectivity index (χ2v) is 4.55. The molecule has 0 bridgehead atoms. The fourth-order valence-corrected chi connectivity index (χ4v) is 1.91. The average Bonchev–Trinajstić information content (AvgIpc) is 2.92. The van der Waals surface area contributed by atoms with Crippen molar-refractivity contribution in [1.29, 1.82) is 0 Å². The number of halogens is 2. The van der Waals surface area contributed by atoms with Gasteiger partial charge in [0.25, 0.3) is 0 Å². The van der Waals surface area contributed by atoms with Gasteiger partial charge in [0, 0.05) is 5.02 Å². The van der Waals surface area contributed by atoms with Crippen molar-refractivity contribution in [2.75, 3.05) is 6.54 Å². The van der Waals surface area contributed by atoms with E-state index in [1.165, 1.54) is 6.07 Å². The zero-order chi connectivity index (χ0) is 10.2. The third kappa shape index (κ3) is 1.91. The fourth-order valence-electron chi connectivity index (χ4n) is 1.71. The van der Waals surface area contributed by atoms with Gasteiger partial charge in [-0.1, -0.05) is 11.6 Å². The molecule has 1 nitrogen and oxygen atoms in total. The van der Waals surface area contributed by atoms with E-state index in [9.17, 15) is 4.39 Å². The van der Waals surface area contributed by atoms with Crippen molar-refractivity contribution < 1.29 is 4.39 Å². The van der Waals surface area contributed by atoms with E-state index in [0.717, 1.165) is 19.3 Å². The highest BCUT2D eigenvalue weighted by molar-refractivity contribution is 6.30. The number of hydrogen-bond acceptors (Lipinski definition) is 1. The smallest absolute Gasteiger partial charge is 0.126 e. The monoisotopic (exact) mass is 213 g/mol. The Hall–Kier alpha value is -0.600. The Morgan fingerprint density at radius 2 is 2.14 bits per heavy atom. The van der Waals surface area contributed by atoms with Gasteiger partial charge in [0.05, 0.1) is 0 Å². The number of hydrogen-bond donors (Lipinski definition) is 1. The lowest BCUT2D eigenvalue weighted by Crippen LogP contribution is -2.18. The minimum absolute atomic E-state index is 0.158. The van der Waals surface area contributed by atoms with Crippen molar-refractivity contribution in [3.63, 3.8) is 0 Å². The molecule has 1 aliphatic rings. The zero-order valence-corrected chi connectivity index (χ0v) is 8.65. The Kier molecular flexibility index (Phi) is 2.50. The van der Waals surface area contributed by atoms with Gasteiger partial charge in [0.1, 0.15) is 5.82 Å². The van der Waals surface area contributed by atoms with E-state index in [-0.39, 0.29) is 11.2 Å². The molecule has 14 heavy (non-hydrogen) atoms. The normalized spacial score (nSPS) is 18.2. The molecule has 0 spiro atoms. The van der Waals surface area contributed by atoms with Gasteiger partial charge in [-0.15, -0.1) is 0 Å². The summed E-state index contributed by atoms with van der Waals surface area (Å²) in [5.74, 6) is -0.172. The van der Waals surface area contributed by atoms with Crippen LogP contribution in [0.2, 0.25) is 5.02 Å². The molecule has 3 heteroatoms. The molecule has 0 aliphatic heterocycles. The van der Waals surface area contributed by atoms with Crippen molar-refractivity contribution in [2.24, 2.45) is 11.1 Å². The summed E-state index contributed by atoms with van der Waals surface area (Å²) in [5.41, 5.74) is 6.50. The SMILES string of the molecule is NCC1(Cc2cc(Cl)ccc2F)CC1. The van der Waals surface area contributed by atoms with Crippen molar-refractivity contribution in [1.82, 2.24) is 0 Å². The van der Waals surface area contributed by atoms with Crippen LogP contribution in [0.15, 0.2) is 18.2 Å². The second-order valence-electron chi connectivity index (χ2n) is 4.12. The molecule has 0 aromatic heterocycles. The fraction of sp³-hybridized carbons (Fsp3) is 0.455. The average molecular weight is 214 g/mol. The Balaban J connectivity index is 2.20. The van der Waals surface area contributed by atoms with Crippen LogP contribution >= 0.6 is 11.6 Å². The highest BCUT2D eigenvalue weighted by Crippen LogP contribution is 2.47. The van der Waals surface area contributed by atoms with Gasteiger partial charge >= 0.3 is 0 Å². The molecule has 76 valence electrons. The first kappa shape index (κ1) is 9.94. The van der Waals surface area contributed by atoms with Crippen LogP contribution in [0.5, 0.6) is 0 Å². The molecule has 0 amide bonds. The van der Waals surface area contributed by atoms with Crippen LogP contribution in [0.25, 0.3) is 0 Å². The number of rotatable bonds is 3. The third-order valence-corrected chi connectivity index (χ3v) is 3.20. The molecular formula is C11H13ClFN. The molecule has 0 atom stereocenters. The summed E-state index contributed by atoms with van der Waals surface area (Å²) in [4.78, 5) is 0. The Labute approximate surface area is 88.1 Å². The van der Waals surface area contributed by atoms with Crippen LogP contribution < -0.4 is 5.73 Å². The first-order chi connectivity index (χ1) is 6.65. The summed E-state index contributed by atoms with van der Waals surface area (Å²) in [7, 11) is 0. The maximum Gasteiger partial charge on any atom is 0.126 e. The molecule has 0 radical (unpaired) electrons. The molecule has 2 N–H and O–H groups in total. The van der Waals surface area contributed by atoms with Crippen molar-refractivity contribution in [3.8, 4) is 0 Å². The molecule has 2 rings (SSSR count). The van der Waals surface area contributed by atoms with E-state index in [0.29, 0.717) is 17.1 Å². The summed E-state index contributed by atoms with van der Waals surface area (Å²) in [6.45, 7) is 0.638. The summed E-state index contributed by atoms with van der Waals surface area (Å²) in [6.07, 6.45) is 2.93. The van der Waals surface area contributed by atoms with Crippen LogP contribution in [0, 0.1) is 11.2 Å². The molecular weight excluding hydrogens is 201 g/mol. The Morgan fingerprint density at radius 1 is 1.43 bits per heavy atom. The lowest BCUT2D eigenvalue weighted by Gasteiger charge is -2.12. The largest absolute Gasteiger partial charge is 0.330 e. The molecule has 1 fully saturated rings.